The number of hydrogen-bond acceptors (Lipinski definition) is 5. The molecule has 0 unspecified atom stereocenters. The Morgan fingerprint density at radius 3 is 2.75 bits per heavy atom. The van der Waals surface area contributed by atoms with Gasteiger partial charge in [0, 0.05) is 38.6 Å². The van der Waals surface area contributed by atoms with E-state index in [9.17, 15) is 12.6 Å². The molecule has 1 aromatic carbocycles. The highest BCUT2D eigenvalue weighted by atomic mass is 35.5. The molecule has 0 radical (unpaired) electrons. The fourth-order valence-corrected chi connectivity index (χ4v) is 6.50. The summed E-state index contributed by atoms with van der Waals surface area (Å²) in [4.78, 5) is 4.57. The molecule has 9 heteroatoms. The average molecular weight is 405 g/mol. The van der Waals surface area contributed by atoms with Gasteiger partial charge in [0.05, 0.1) is 10.6 Å². The number of benzene rings is 1. The molecule has 0 bridgehead atoms. The number of sulfonamides is 1. The summed E-state index contributed by atoms with van der Waals surface area (Å²) in [6.45, 7) is 1.67. The Morgan fingerprint density at radius 2 is 2.04 bits per heavy atom. The first-order valence-electron chi connectivity index (χ1n) is 7.45. The molecule has 24 heavy (non-hydrogen) atoms. The summed E-state index contributed by atoms with van der Waals surface area (Å²) in [5.41, 5.74) is 1.38. The van der Waals surface area contributed by atoms with E-state index in [-0.39, 0.29) is 10.8 Å². The van der Waals surface area contributed by atoms with Gasteiger partial charge in [-0.1, -0.05) is 17.7 Å². The second-order valence-corrected chi connectivity index (χ2v) is 10.3. The molecule has 5 nitrogen and oxygen atoms in total. The summed E-state index contributed by atoms with van der Waals surface area (Å²) < 4.78 is 39.1. The van der Waals surface area contributed by atoms with Crippen LogP contribution in [0.1, 0.15) is 30.0 Å². The Balaban J connectivity index is 1.79. The van der Waals surface area contributed by atoms with Crippen LogP contribution in [0.4, 0.5) is 5.13 Å². The van der Waals surface area contributed by atoms with Crippen molar-refractivity contribution in [1.29, 1.82) is 0 Å². The predicted octanol–water partition coefficient (Wildman–Crippen LogP) is 3.53. The maximum atomic E-state index is 12.6. The van der Waals surface area contributed by atoms with Crippen LogP contribution in [0.3, 0.4) is 0 Å². The Morgan fingerprint density at radius 1 is 1.33 bits per heavy atom. The van der Waals surface area contributed by atoms with Gasteiger partial charge in [-0.25, -0.2) is 13.4 Å². The molecule has 3 rings (SSSR count). The van der Waals surface area contributed by atoms with Crippen LogP contribution >= 0.6 is 22.9 Å². The van der Waals surface area contributed by atoms with Crippen molar-refractivity contribution in [2.24, 2.45) is 0 Å². The molecule has 2 heterocycles. The number of rotatable bonds is 4. The van der Waals surface area contributed by atoms with Crippen molar-refractivity contribution in [2.45, 2.75) is 30.6 Å². The normalized spacial score (nSPS) is 21.6. The molecule has 0 aliphatic carbocycles. The first kappa shape index (κ1) is 17.8. The minimum absolute atomic E-state index is 0.153. The monoisotopic (exact) mass is 404 g/mol. The van der Waals surface area contributed by atoms with E-state index >= 15 is 0 Å². The minimum Gasteiger partial charge on any atom is -0.260 e. The number of halogens is 1. The molecule has 2 aromatic rings. The fraction of sp³-hybridized carbons (Fsp3) is 0.400. The molecular formula is C15H17ClN2O3S3. The molecule has 130 valence electrons. The average Bonchev–Trinajstić information content (AvgIpc) is 2.98. The predicted molar refractivity (Wildman–Crippen MR) is 99.0 cm³/mol. The van der Waals surface area contributed by atoms with Crippen molar-refractivity contribution >= 4 is 48.9 Å². The number of thiazole rings is 1. The topological polar surface area (TPSA) is 76.1 Å². The lowest BCUT2D eigenvalue weighted by molar-refractivity contribution is 0.595. The molecule has 1 fully saturated rings. The van der Waals surface area contributed by atoms with Crippen LogP contribution in [0.15, 0.2) is 28.5 Å². The van der Waals surface area contributed by atoms with Gasteiger partial charge in [0.25, 0.3) is 10.0 Å². The second kappa shape index (κ2) is 7.11. The standard InChI is InChI=1S/C15H17ClN2O3S3/c1-10-12(16)3-2-4-14(10)24(20,21)18-15-17-13(9-22-15)11-5-7-23(19)8-6-11/h2-4,9,11H,5-8H2,1H3,(H,17,18). The molecule has 1 aromatic heterocycles. The van der Waals surface area contributed by atoms with Crippen LogP contribution in [-0.4, -0.2) is 29.1 Å². The summed E-state index contributed by atoms with van der Waals surface area (Å²) in [5, 5.41) is 2.63. The lowest BCUT2D eigenvalue weighted by Gasteiger charge is -2.19. The van der Waals surface area contributed by atoms with E-state index in [0.29, 0.717) is 27.2 Å². The largest absolute Gasteiger partial charge is 0.263 e. The van der Waals surface area contributed by atoms with Gasteiger partial charge in [0.2, 0.25) is 0 Å². The maximum absolute atomic E-state index is 12.6. The fourth-order valence-electron chi connectivity index (χ4n) is 2.66. The summed E-state index contributed by atoms with van der Waals surface area (Å²) in [5.74, 6) is 1.63. The van der Waals surface area contributed by atoms with E-state index in [4.69, 9.17) is 11.6 Å². The summed E-state index contributed by atoms with van der Waals surface area (Å²) in [7, 11) is -4.45. The van der Waals surface area contributed by atoms with Crippen LogP contribution in [0.25, 0.3) is 0 Å². The number of hydrogen-bond donors (Lipinski definition) is 1. The van der Waals surface area contributed by atoms with Gasteiger partial charge in [0.15, 0.2) is 5.13 Å². The Labute approximate surface area is 153 Å². The van der Waals surface area contributed by atoms with Gasteiger partial charge in [-0.05, 0) is 37.5 Å². The highest BCUT2D eigenvalue weighted by molar-refractivity contribution is 7.93. The minimum atomic E-state index is -3.73. The molecule has 0 spiro atoms. The zero-order valence-electron chi connectivity index (χ0n) is 13.0. The highest BCUT2D eigenvalue weighted by Crippen LogP contribution is 2.31. The first-order valence-corrected chi connectivity index (χ1v) is 11.7. The van der Waals surface area contributed by atoms with E-state index in [1.807, 2.05) is 5.38 Å². The van der Waals surface area contributed by atoms with Gasteiger partial charge in [-0.2, -0.15) is 0 Å². The van der Waals surface area contributed by atoms with Crippen LogP contribution in [0.5, 0.6) is 0 Å². The molecule has 0 saturated carbocycles. The number of aromatic nitrogens is 1. The molecule has 1 aliphatic rings. The molecule has 0 atom stereocenters. The van der Waals surface area contributed by atoms with Crippen molar-refractivity contribution in [2.75, 3.05) is 16.2 Å². The van der Waals surface area contributed by atoms with E-state index in [2.05, 4.69) is 9.71 Å². The third kappa shape index (κ3) is 3.82. The summed E-state index contributed by atoms with van der Waals surface area (Å²) in [6, 6.07) is 4.79. The van der Waals surface area contributed by atoms with E-state index < -0.39 is 20.8 Å². The lowest BCUT2D eigenvalue weighted by Crippen LogP contribution is -2.17. The van der Waals surface area contributed by atoms with Crippen LogP contribution in [-0.2, 0) is 20.8 Å². The Hall–Kier alpha value is -0.960. The lowest BCUT2D eigenvalue weighted by atomic mass is 10.0. The van der Waals surface area contributed by atoms with Crippen LogP contribution in [0, 0.1) is 6.92 Å². The van der Waals surface area contributed by atoms with Gasteiger partial charge in [-0.15, -0.1) is 11.3 Å². The third-order valence-electron chi connectivity index (χ3n) is 4.06. The third-order valence-corrected chi connectivity index (χ3v) is 8.24. The van der Waals surface area contributed by atoms with Gasteiger partial charge < -0.3 is 0 Å². The van der Waals surface area contributed by atoms with Crippen molar-refractivity contribution in [3.8, 4) is 0 Å². The zero-order chi connectivity index (χ0) is 17.3. The Bertz CT molecular complexity index is 870. The van der Waals surface area contributed by atoms with Crippen molar-refractivity contribution in [1.82, 2.24) is 4.98 Å². The molecule has 1 N–H and O–H groups in total. The summed E-state index contributed by atoms with van der Waals surface area (Å²) in [6.07, 6.45) is 1.66. The highest BCUT2D eigenvalue weighted by Gasteiger charge is 2.24. The van der Waals surface area contributed by atoms with Gasteiger partial charge in [0.1, 0.15) is 0 Å². The van der Waals surface area contributed by atoms with Crippen molar-refractivity contribution in [3.05, 3.63) is 39.9 Å². The van der Waals surface area contributed by atoms with Crippen LogP contribution in [0.2, 0.25) is 5.02 Å². The van der Waals surface area contributed by atoms with E-state index in [1.54, 1.807) is 19.1 Å². The molecule has 1 saturated heterocycles. The Kier molecular flexibility index (Phi) is 5.29. The molecule has 1 aliphatic heterocycles. The van der Waals surface area contributed by atoms with Crippen LogP contribution < -0.4 is 4.72 Å². The van der Waals surface area contributed by atoms with Crippen molar-refractivity contribution < 1.29 is 12.6 Å². The summed E-state index contributed by atoms with van der Waals surface area (Å²) >= 11 is 7.28. The maximum Gasteiger partial charge on any atom is 0.263 e. The van der Waals surface area contributed by atoms with Gasteiger partial charge in [-0.3, -0.25) is 8.93 Å². The smallest absolute Gasteiger partial charge is 0.260 e. The van der Waals surface area contributed by atoms with E-state index in [0.717, 1.165) is 18.5 Å². The van der Waals surface area contributed by atoms with E-state index in [1.165, 1.54) is 17.4 Å². The number of anilines is 1. The quantitative estimate of drug-likeness (QED) is 0.845. The zero-order valence-corrected chi connectivity index (χ0v) is 16.2. The first-order chi connectivity index (χ1) is 11.4. The molecular weight excluding hydrogens is 388 g/mol. The molecule has 0 amide bonds. The second-order valence-electron chi connectivity index (χ2n) is 5.67. The SMILES string of the molecule is Cc1c(Cl)cccc1S(=O)(=O)Nc1nc(C2CCS(=O)CC2)cs1. The number of nitrogens with one attached hydrogen (secondary N) is 1. The van der Waals surface area contributed by atoms with Gasteiger partial charge >= 0.3 is 0 Å². The van der Waals surface area contributed by atoms with Crippen molar-refractivity contribution in [3.63, 3.8) is 0 Å². The number of nitrogens with zero attached hydrogens (tertiary/aromatic N) is 1.